The molecule has 0 aromatic heterocycles. The molecule has 0 spiro atoms. The van der Waals surface area contributed by atoms with Crippen LogP contribution in [0.5, 0.6) is 0 Å². The second-order valence-corrected chi connectivity index (χ2v) is 5.00. The van der Waals surface area contributed by atoms with E-state index in [4.69, 9.17) is 4.74 Å². The molecule has 1 heterocycles. The average Bonchev–Trinajstić information content (AvgIpc) is 2.44. The van der Waals surface area contributed by atoms with Crippen molar-refractivity contribution in [3.63, 3.8) is 0 Å². The lowest BCUT2D eigenvalue weighted by atomic mass is 9.96. The second kappa shape index (κ2) is 6.17. The third kappa shape index (κ3) is 2.96. The van der Waals surface area contributed by atoms with Gasteiger partial charge in [0.05, 0.1) is 7.11 Å². The van der Waals surface area contributed by atoms with Crippen molar-refractivity contribution < 1.29 is 9.53 Å². The van der Waals surface area contributed by atoms with Crippen LogP contribution in [0.3, 0.4) is 0 Å². The quantitative estimate of drug-likeness (QED) is 0.837. The van der Waals surface area contributed by atoms with E-state index in [9.17, 15) is 4.79 Å². The highest BCUT2D eigenvalue weighted by molar-refractivity contribution is 5.78. The molecule has 1 atom stereocenters. The fraction of sp³-hybridized carbons (Fsp3) is 0.533. The van der Waals surface area contributed by atoms with Crippen molar-refractivity contribution in [2.75, 3.05) is 33.3 Å². The Morgan fingerprint density at radius 2 is 2.00 bits per heavy atom. The van der Waals surface area contributed by atoms with E-state index in [0.29, 0.717) is 0 Å². The molecule has 1 aromatic carbocycles. The van der Waals surface area contributed by atoms with Crippen LogP contribution in [0.25, 0.3) is 0 Å². The molecule has 2 rings (SSSR count). The zero-order chi connectivity index (χ0) is 13.8. The highest BCUT2D eigenvalue weighted by Crippen LogP contribution is 2.27. The summed E-state index contributed by atoms with van der Waals surface area (Å²) < 4.78 is 5.01. The van der Waals surface area contributed by atoms with Crippen molar-refractivity contribution in [3.05, 3.63) is 34.9 Å². The van der Waals surface area contributed by atoms with Crippen LogP contribution in [0, 0.1) is 13.8 Å². The van der Waals surface area contributed by atoms with E-state index in [-0.39, 0.29) is 12.0 Å². The Bertz CT molecular complexity index is 453. The van der Waals surface area contributed by atoms with Crippen LogP contribution in [0.4, 0.5) is 0 Å². The predicted octanol–water partition coefficient (Wildman–Crippen LogP) is 1.42. The number of hydrogen-bond acceptors (Lipinski definition) is 4. The first kappa shape index (κ1) is 14.0. The molecule has 0 bridgehead atoms. The lowest BCUT2D eigenvalue weighted by Crippen LogP contribution is -2.47. The minimum atomic E-state index is -0.285. The van der Waals surface area contributed by atoms with E-state index < -0.39 is 0 Å². The van der Waals surface area contributed by atoms with E-state index >= 15 is 0 Å². The summed E-state index contributed by atoms with van der Waals surface area (Å²) in [7, 11) is 1.46. The van der Waals surface area contributed by atoms with Gasteiger partial charge in [0.1, 0.15) is 6.04 Å². The summed E-state index contributed by atoms with van der Waals surface area (Å²) in [5.41, 5.74) is 3.45. The number of nitrogens with zero attached hydrogens (tertiary/aromatic N) is 1. The van der Waals surface area contributed by atoms with Gasteiger partial charge in [-0.15, -0.1) is 0 Å². The Labute approximate surface area is 114 Å². The zero-order valence-electron chi connectivity index (χ0n) is 11.9. The molecule has 1 unspecified atom stereocenters. The zero-order valence-corrected chi connectivity index (χ0v) is 11.9. The SMILES string of the molecule is COC(=O)C(c1cccc(C)c1C)N1CCNCC1. The van der Waals surface area contributed by atoms with Crippen molar-refractivity contribution in [1.29, 1.82) is 0 Å². The number of piperazine rings is 1. The van der Waals surface area contributed by atoms with E-state index in [1.165, 1.54) is 18.2 Å². The Balaban J connectivity index is 2.36. The molecule has 1 fully saturated rings. The molecule has 0 saturated carbocycles. The molecule has 1 aromatic rings. The molecule has 1 saturated heterocycles. The molecule has 1 aliphatic rings. The first-order chi connectivity index (χ1) is 9.15. The van der Waals surface area contributed by atoms with E-state index in [0.717, 1.165) is 31.7 Å². The first-order valence-corrected chi connectivity index (χ1v) is 6.74. The largest absolute Gasteiger partial charge is 0.468 e. The Hall–Kier alpha value is -1.39. The fourth-order valence-corrected chi connectivity index (χ4v) is 2.59. The molecular weight excluding hydrogens is 240 g/mol. The Kier molecular flexibility index (Phi) is 4.56. The maximum atomic E-state index is 12.2. The van der Waals surface area contributed by atoms with Crippen molar-refractivity contribution in [2.24, 2.45) is 0 Å². The van der Waals surface area contributed by atoms with E-state index in [1.54, 1.807) is 0 Å². The second-order valence-electron chi connectivity index (χ2n) is 5.00. The van der Waals surface area contributed by atoms with Gasteiger partial charge in [0.2, 0.25) is 0 Å². The monoisotopic (exact) mass is 262 g/mol. The van der Waals surface area contributed by atoms with Gasteiger partial charge in [-0.1, -0.05) is 18.2 Å². The molecular formula is C15H22N2O2. The number of aryl methyl sites for hydroxylation is 1. The predicted molar refractivity (Wildman–Crippen MR) is 75.1 cm³/mol. The third-order valence-electron chi connectivity index (χ3n) is 3.88. The van der Waals surface area contributed by atoms with Gasteiger partial charge in [-0.25, -0.2) is 4.79 Å². The minimum absolute atomic E-state index is 0.171. The first-order valence-electron chi connectivity index (χ1n) is 6.74. The molecule has 4 heteroatoms. The summed E-state index contributed by atoms with van der Waals surface area (Å²) in [4.78, 5) is 14.4. The van der Waals surface area contributed by atoms with Gasteiger partial charge in [-0.2, -0.15) is 0 Å². The van der Waals surface area contributed by atoms with Crippen molar-refractivity contribution in [3.8, 4) is 0 Å². The number of hydrogen-bond donors (Lipinski definition) is 1. The molecule has 1 aliphatic heterocycles. The number of esters is 1. The number of carbonyl (C=O) groups excluding carboxylic acids is 1. The minimum Gasteiger partial charge on any atom is -0.468 e. The highest BCUT2D eigenvalue weighted by Gasteiger charge is 2.30. The number of benzene rings is 1. The maximum Gasteiger partial charge on any atom is 0.327 e. The normalized spacial score (nSPS) is 18.1. The highest BCUT2D eigenvalue weighted by atomic mass is 16.5. The van der Waals surface area contributed by atoms with Gasteiger partial charge in [0.15, 0.2) is 0 Å². The van der Waals surface area contributed by atoms with Crippen LogP contribution in [0.15, 0.2) is 18.2 Å². The number of nitrogens with one attached hydrogen (secondary N) is 1. The summed E-state index contributed by atoms with van der Waals surface area (Å²) in [6.45, 7) is 7.71. The summed E-state index contributed by atoms with van der Waals surface area (Å²) in [6.07, 6.45) is 0. The molecule has 0 radical (unpaired) electrons. The van der Waals surface area contributed by atoms with Crippen LogP contribution in [-0.4, -0.2) is 44.2 Å². The Morgan fingerprint density at radius 1 is 1.32 bits per heavy atom. The van der Waals surface area contributed by atoms with Gasteiger partial charge >= 0.3 is 5.97 Å². The molecule has 1 N–H and O–H groups in total. The summed E-state index contributed by atoms with van der Waals surface area (Å²) in [6, 6.07) is 5.83. The lowest BCUT2D eigenvalue weighted by molar-refractivity contribution is -0.147. The van der Waals surface area contributed by atoms with E-state index in [2.05, 4.69) is 30.1 Å². The van der Waals surface area contributed by atoms with Crippen molar-refractivity contribution >= 4 is 5.97 Å². The summed E-state index contributed by atoms with van der Waals surface area (Å²) in [5, 5.41) is 3.31. The standard InChI is InChI=1S/C15H22N2O2/c1-11-5-4-6-13(12(11)2)14(15(18)19-3)17-9-7-16-8-10-17/h4-6,14,16H,7-10H2,1-3H3. The number of carbonyl (C=O) groups is 1. The molecule has 19 heavy (non-hydrogen) atoms. The lowest BCUT2D eigenvalue weighted by Gasteiger charge is -2.34. The number of rotatable bonds is 3. The smallest absolute Gasteiger partial charge is 0.327 e. The number of ether oxygens (including phenoxy) is 1. The van der Waals surface area contributed by atoms with Gasteiger partial charge < -0.3 is 10.1 Å². The molecule has 4 nitrogen and oxygen atoms in total. The van der Waals surface area contributed by atoms with Gasteiger partial charge in [0, 0.05) is 26.2 Å². The third-order valence-corrected chi connectivity index (χ3v) is 3.88. The van der Waals surface area contributed by atoms with Crippen LogP contribution in [-0.2, 0) is 9.53 Å². The fourth-order valence-electron chi connectivity index (χ4n) is 2.59. The van der Waals surface area contributed by atoms with Crippen LogP contribution in [0.2, 0.25) is 0 Å². The summed E-state index contributed by atoms with van der Waals surface area (Å²) >= 11 is 0. The van der Waals surface area contributed by atoms with Crippen LogP contribution >= 0.6 is 0 Å². The molecule has 104 valence electrons. The molecule has 0 amide bonds. The van der Waals surface area contributed by atoms with Crippen LogP contribution in [0.1, 0.15) is 22.7 Å². The van der Waals surface area contributed by atoms with Gasteiger partial charge in [-0.05, 0) is 30.5 Å². The average molecular weight is 262 g/mol. The van der Waals surface area contributed by atoms with Gasteiger partial charge in [0.25, 0.3) is 0 Å². The van der Waals surface area contributed by atoms with Crippen molar-refractivity contribution in [1.82, 2.24) is 10.2 Å². The van der Waals surface area contributed by atoms with Crippen LogP contribution < -0.4 is 5.32 Å². The van der Waals surface area contributed by atoms with Crippen molar-refractivity contribution in [2.45, 2.75) is 19.9 Å². The maximum absolute atomic E-state index is 12.2. The van der Waals surface area contributed by atoms with Gasteiger partial charge in [-0.3, -0.25) is 4.90 Å². The topological polar surface area (TPSA) is 41.6 Å². The van der Waals surface area contributed by atoms with E-state index in [1.807, 2.05) is 12.1 Å². The summed E-state index contributed by atoms with van der Waals surface area (Å²) in [5.74, 6) is -0.171. The Morgan fingerprint density at radius 3 is 2.63 bits per heavy atom. The molecule has 0 aliphatic carbocycles. The number of methoxy groups -OCH3 is 1.